The van der Waals surface area contributed by atoms with E-state index >= 15 is 0 Å². The summed E-state index contributed by atoms with van der Waals surface area (Å²) in [6.07, 6.45) is 3.51. The highest BCUT2D eigenvalue weighted by molar-refractivity contribution is 9.10. The lowest BCUT2D eigenvalue weighted by atomic mass is 10.2. The lowest BCUT2D eigenvalue weighted by Gasteiger charge is -2.36. The van der Waals surface area contributed by atoms with Crippen molar-refractivity contribution >= 4 is 45.2 Å². The average Bonchev–Trinajstić information content (AvgIpc) is 2.61. The summed E-state index contributed by atoms with van der Waals surface area (Å²) in [4.78, 5) is 16.4. The molecule has 0 bridgehead atoms. The summed E-state index contributed by atoms with van der Waals surface area (Å²) in [5.74, 6) is 0.0559. The largest absolute Gasteiger partial charge is 0.367 e. The summed E-state index contributed by atoms with van der Waals surface area (Å²) in [6, 6.07) is 15.8. The maximum absolute atomic E-state index is 12.3. The lowest BCUT2D eigenvalue weighted by Crippen LogP contribution is -2.48. The van der Waals surface area contributed by atoms with Crippen molar-refractivity contribution in [2.75, 3.05) is 31.1 Å². The second kappa shape index (κ2) is 7.86. The standard InChI is InChI=1S/C19H18BrClN2O/c20-16-7-8-18(17(21)14-16)22-10-12-23(13-11-22)19(24)9-6-15-4-2-1-3-5-15/h1-9,14H,10-13H2. The molecule has 2 aromatic rings. The number of hydrogen-bond acceptors (Lipinski definition) is 2. The Balaban J connectivity index is 1.58. The Kier molecular flexibility index (Phi) is 5.59. The number of piperazine rings is 1. The van der Waals surface area contributed by atoms with Gasteiger partial charge in [-0.05, 0) is 29.8 Å². The molecule has 1 aliphatic heterocycles. The maximum atomic E-state index is 12.3. The maximum Gasteiger partial charge on any atom is 0.246 e. The molecule has 0 atom stereocenters. The predicted molar refractivity (Wildman–Crippen MR) is 103 cm³/mol. The normalized spacial score (nSPS) is 15.1. The van der Waals surface area contributed by atoms with Gasteiger partial charge in [-0.2, -0.15) is 0 Å². The summed E-state index contributed by atoms with van der Waals surface area (Å²) in [5.41, 5.74) is 2.05. The van der Waals surface area contributed by atoms with E-state index in [-0.39, 0.29) is 5.91 Å². The Morgan fingerprint density at radius 1 is 1.04 bits per heavy atom. The second-order valence-corrected chi connectivity index (χ2v) is 6.97. The Morgan fingerprint density at radius 2 is 1.75 bits per heavy atom. The van der Waals surface area contributed by atoms with Gasteiger partial charge in [0, 0.05) is 36.7 Å². The van der Waals surface area contributed by atoms with E-state index in [0.29, 0.717) is 13.1 Å². The van der Waals surface area contributed by atoms with Crippen LogP contribution in [0.1, 0.15) is 5.56 Å². The number of rotatable bonds is 3. The van der Waals surface area contributed by atoms with Crippen molar-refractivity contribution in [3.05, 3.63) is 69.7 Å². The third-order valence-electron chi connectivity index (χ3n) is 4.06. The monoisotopic (exact) mass is 404 g/mol. The van der Waals surface area contributed by atoms with E-state index in [0.717, 1.165) is 33.8 Å². The minimum absolute atomic E-state index is 0.0559. The van der Waals surface area contributed by atoms with Gasteiger partial charge in [0.1, 0.15) is 0 Å². The number of carbonyl (C=O) groups is 1. The molecule has 0 radical (unpaired) electrons. The second-order valence-electron chi connectivity index (χ2n) is 5.65. The molecule has 24 heavy (non-hydrogen) atoms. The summed E-state index contributed by atoms with van der Waals surface area (Å²) < 4.78 is 0.969. The first-order chi connectivity index (χ1) is 11.6. The number of amides is 1. The first-order valence-corrected chi connectivity index (χ1v) is 9.02. The zero-order valence-electron chi connectivity index (χ0n) is 13.2. The van der Waals surface area contributed by atoms with Crippen LogP contribution in [0.5, 0.6) is 0 Å². The van der Waals surface area contributed by atoms with E-state index in [2.05, 4.69) is 20.8 Å². The van der Waals surface area contributed by atoms with Gasteiger partial charge in [-0.15, -0.1) is 0 Å². The first-order valence-electron chi connectivity index (χ1n) is 7.85. The molecule has 0 aromatic heterocycles. The van der Waals surface area contributed by atoms with Crippen molar-refractivity contribution in [2.24, 2.45) is 0 Å². The van der Waals surface area contributed by atoms with Crippen LogP contribution in [0.2, 0.25) is 5.02 Å². The van der Waals surface area contributed by atoms with Crippen LogP contribution in [0.4, 0.5) is 5.69 Å². The Labute approximate surface area is 155 Å². The third kappa shape index (κ3) is 4.19. The van der Waals surface area contributed by atoms with Crippen LogP contribution >= 0.6 is 27.5 Å². The van der Waals surface area contributed by atoms with Crippen molar-refractivity contribution in [3.8, 4) is 0 Å². The number of halogens is 2. The first kappa shape index (κ1) is 17.1. The Morgan fingerprint density at radius 3 is 2.42 bits per heavy atom. The van der Waals surface area contributed by atoms with E-state index in [1.54, 1.807) is 6.08 Å². The van der Waals surface area contributed by atoms with Gasteiger partial charge in [0.2, 0.25) is 5.91 Å². The third-order valence-corrected chi connectivity index (χ3v) is 4.86. The Bertz CT molecular complexity index is 740. The zero-order chi connectivity index (χ0) is 16.9. The fourth-order valence-corrected chi connectivity index (χ4v) is 3.54. The van der Waals surface area contributed by atoms with E-state index in [4.69, 9.17) is 11.6 Å². The van der Waals surface area contributed by atoms with Gasteiger partial charge < -0.3 is 9.80 Å². The highest BCUT2D eigenvalue weighted by Crippen LogP contribution is 2.29. The molecular formula is C19H18BrClN2O. The van der Waals surface area contributed by atoms with Gasteiger partial charge in [0.05, 0.1) is 10.7 Å². The summed E-state index contributed by atoms with van der Waals surface area (Å²) in [5, 5.41) is 0.730. The molecule has 1 aliphatic rings. The van der Waals surface area contributed by atoms with Gasteiger partial charge in [0.25, 0.3) is 0 Å². The molecule has 3 rings (SSSR count). The van der Waals surface area contributed by atoms with Gasteiger partial charge in [-0.1, -0.05) is 57.9 Å². The van der Waals surface area contributed by atoms with E-state index in [9.17, 15) is 4.79 Å². The summed E-state index contributed by atoms with van der Waals surface area (Å²) >= 11 is 9.74. The number of carbonyl (C=O) groups excluding carboxylic acids is 1. The zero-order valence-corrected chi connectivity index (χ0v) is 15.5. The molecule has 1 saturated heterocycles. The molecule has 0 unspecified atom stereocenters. The smallest absolute Gasteiger partial charge is 0.246 e. The van der Waals surface area contributed by atoms with Crippen molar-refractivity contribution in [1.82, 2.24) is 4.90 Å². The van der Waals surface area contributed by atoms with Crippen LogP contribution < -0.4 is 4.90 Å². The van der Waals surface area contributed by atoms with Crippen LogP contribution in [-0.4, -0.2) is 37.0 Å². The van der Waals surface area contributed by atoms with Crippen LogP contribution in [0.25, 0.3) is 6.08 Å². The van der Waals surface area contributed by atoms with Gasteiger partial charge in [-0.25, -0.2) is 0 Å². The molecule has 0 N–H and O–H groups in total. The molecule has 2 aromatic carbocycles. The fraction of sp³-hybridized carbons (Fsp3) is 0.211. The Hall–Kier alpha value is -1.78. The quantitative estimate of drug-likeness (QED) is 0.704. The van der Waals surface area contributed by atoms with Crippen molar-refractivity contribution in [1.29, 1.82) is 0 Å². The van der Waals surface area contributed by atoms with Crippen molar-refractivity contribution in [2.45, 2.75) is 0 Å². The lowest BCUT2D eigenvalue weighted by molar-refractivity contribution is -0.126. The van der Waals surface area contributed by atoms with Crippen molar-refractivity contribution in [3.63, 3.8) is 0 Å². The number of anilines is 1. The highest BCUT2D eigenvalue weighted by atomic mass is 79.9. The molecule has 0 saturated carbocycles. The molecule has 0 aliphatic carbocycles. The molecule has 1 heterocycles. The molecule has 1 amide bonds. The van der Waals surface area contributed by atoms with Gasteiger partial charge in [-0.3, -0.25) is 4.79 Å². The van der Waals surface area contributed by atoms with Crippen LogP contribution in [0.3, 0.4) is 0 Å². The molecule has 124 valence electrons. The molecular weight excluding hydrogens is 388 g/mol. The summed E-state index contributed by atoms with van der Waals surface area (Å²) in [7, 11) is 0. The SMILES string of the molecule is O=C(C=Cc1ccccc1)N1CCN(c2ccc(Br)cc2Cl)CC1. The molecule has 3 nitrogen and oxygen atoms in total. The van der Waals surface area contributed by atoms with Crippen LogP contribution in [0.15, 0.2) is 59.1 Å². The number of nitrogens with zero attached hydrogens (tertiary/aromatic N) is 2. The summed E-state index contributed by atoms with van der Waals surface area (Å²) in [6.45, 7) is 2.97. The van der Waals surface area contributed by atoms with E-state index < -0.39 is 0 Å². The number of hydrogen-bond donors (Lipinski definition) is 0. The fourth-order valence-electron chi connectivity index (χ4n) is 2.74. The molecule has 1 fully saturated rings. The van der Waals surface area contributed by atoms with Crippen LogP contribution in [-0.2, 0) is 4.79 Å². The topological polar surface area (TPSA) is 23.6 Å². The molecule has 0 spiro atoms. The molecule has 5 heteroatoms. The average molecular weight is 406 g/mol. The van der Waals surface area contributed by atoms with Crippen molar-refractivity contribution < 1.29 is 4.79 Å². The minimum Gasteiger partial charge on any atom is -0.367 e. The van der Waals surface area contributed by atoms with E-state index in [1.807, 2.05) is 59.5 Å². The predicted octanol–water partition coefficient (Wildman–Crippen LogP) is 4.46. The highest BCUT2D eigenvalue weighted by Gasteiger charge is 2.21. The van der Waals surface area contributed by atoms with Crippen LogP contribution in [0, 0.1) is 0 Å². The van der Waals surface area contributed by atoms with Gasteiger partial charge in [0.15, 0.2) is 0 Å². The van der Waals surface area contributed by atoms with E-state index in [1.165, 1.54) is 0 Å². The minimum atomic E-state index is 0.0559. The van der Waals surface area contributed by atoms with Gasteiger partial charge >= 0.3 is 0 Å². The number of benzene rings is 2.